The number of rotatable bonds is 7. The third-order valence-corrected chi connectivity index (χ3v) is 5.75. The molecule has 0 bridgehead atoms. The number of carbonyl (C=O) groups is 3. The Morgan fingerprint density at radius 1 is 1.19 bits per heavy atom. The monoisotopic (exact) mass is 519 g/mol. The van der Waals surface area contributed by atoms with E-state index in [2.05, 4.69) is 26.0 Å². The third-order valence-electron chi connectivity index (χ3n) is 4.00. The van der Waals surface area contributed by atoms with Crippen LogP contribution in [-0.2, 0) is 33.3 Å². The second-order valence-electron chi connectivity index (χ2n) is 6.38. The van der Waals surface area contributed by atoms with E-state index < -0.39 is 53.5 Å². The molecule has 5 atom stereocenters. The molecule has 0 radical (unpaired) electrons. The summed E-state index contributed by atoms with van der Waals surface area (Å²) in [5, 5.41) is 3.68. The zero-order valence-corrected chi connectivity index (χ0v) is 19.1. The molecule has 168 valence electrons. The van der Waals surface area contributed by atoms with Crippen molar-refractivity contribution in [2.24, 2.45) is 5.11 Å². The highest BCUT2D eigenvalue weighted by Gasteiger charge is 2.50. The van der Waals surface area contributed by atoms with Gasteiger partial charge in [-0.15, -0.1) is 0 Å². The van der Waals surface area contributed by atoms with Crippen molar-refractivity contribution in [3.8, 4) is 0 Å². The number of carbonyl (C=O) groups excluding carboxylic acids is 3. The van der Waals surface area contributed by atoms with Gasteiger partial charge in [0.15, 0.2) is 0 Å². The molecule has 1 saturated heterocycles. The fourth-order valence-electron chi connectivity index (χ4n) is 2.85. The van der Waals surface area contributed by atoms with E-state index in [-0.39, 0.29) is 11.1 Å². The molecule has 13 heteroatoms. The Balaban J connectivity index is 2.44. The van der Waals surface area contributed by atoms with Crippen molar-refractivity contribution in [2.45, 2.75) is 55.5 Å². The van der Waals surface area contributed by atoms with Crippen LogP contribution in [-0.4, -0.2) is 54.3 Å². The number of halogens is 2. The summed E-state index contributed by atoms with van der Waals surface area (Å²) in [5.41, 5.74) is 8.11. The van der Waals surface area contributed by atoms with E-state index in [0.717, 1.165) is 25.6 Å². The largest absolute Gasteiger partial charge is 0.463 e. The molecule has 1 aromatic carbocycles. The van der Waals surface area contributed by atoms with Crippen molar-refractivity contribution in [3.05, 3.63) is 38.9 Å². The van der Waals surface area contributed by atoms with Crippen LogP contribution in [0.5, 0.6) is 0 Å². The molecule has 1 aliphatic heterocycles. The number of benzene rings is 1. The number of azide groups is 1. The third kappa shape index (κ3) is 7.10. The Labute approximate surface area is 189 Å². The molecular weight excluding hydrogens is 501 g/mol. The number of hydrogen-bond acceptors (Lipinski definition) is 9. The van der Waals surface area contributed by atoms with Gasteiger partial charge in [0.1, 0.15) is 42.2 Å². The van der Waals surface area contributed by atoms with Crippen LogP contribution in [0.25, 0.3) is 10.4 Å². The lowest BCUT2D eigenvalue weighted by Crippen LogP contribution is -2.59. The lowest BCUT2D eigenvalue weighted by molar-refractivity contribution is -0.201. The second kappa shape index (κ2) is 11.3. The van der Waals surface area contributed by atoms with Crippen LogP contribution < -0.4 is 0 Å². The van der Waals surface area contributed by atoms with E-state index in [1.807, 2.05) is 0 Å². The molecule has 0 amide bonds. The van der Waals surface area contributed by atoms with E-state index >= 15 is 0 Å². The van der Waals surface area contributed by atoms with Gasteiger partial charge in [0.05, 0.1) is 4.47 Å². The summed E-state index contributed by atoms with van der Waals surface area (Å²) >= 11 is 4.16. The summed E-state index contributed by atoms with van der Waals surface area (Å²) in [6.45, 7) is 3.20. The average molecular weight is 520 g/mol. The minimum atomic E-state index is -1.19. The van der Waals surface area contributed by atoms with Gasteiger partial charge in [-0.05, 0) is 39.7 Å². The summed E-state index contributed by atoms with van der Waals surface area (Å²) in [4.78, 5) is 38.0. The van der Waals surface area contributed by atoms with E-state index in [0.29, 0.717) is 4.90 Å². The number of thioether (sulfide) groups is 1. The maximum atomic E-state index is 13.6. The fraction of sp³-hybridized carbons (Fsp3) is 0.500. The number of nitrogens with zero attached hydrogens (tertiary/aromatic N) is 3. The molecule has 31 heavy (non-hydrogen) atoms. The normalized spacial score (nSPS) is 25.1. The van der Waals surface area contributed by atoms with Gasteiger partial charge < -0.3 is 18.9 Å². The Morgan fingerprint density at radius 2 is 1.84 bits per heavy atom. The lowest BCUT2D eigenvalue weighted by Gasteiger charge is -2.43. The molecular formula is C18H19BrFN3O7S. The predicted octanol–water partition coefficient (Wildman–Crippen LogP) is 3.51. The molecule has 0 spiro atoms. The first-order valence-corrected chi connectivity index (χ1v) is 10.6. The zero-order chi connectivity index (χ0) is 23.1. The Bertz CT molecular complexity index is 899. The molecule has 0 aromatic heterocycles. The van der Waals surface area contributed by atoms with Gasteiger partial charge in [-0.2, -0.15) is 0 Å². The molecule has 10 nitrogen and oxygen atoms in total. The van der Waals surface area contributed by atoms with Crippen molar-refractivity contribution >= 4 is 45.6 Å². The van der Waals surface area contributed by atoms with Crippen LogP contribution >= 0.6 is 27.7 Å². The van der Waals surface area contributed by atoms with E-state index in [1.54, 1.807) is 0 Å². The van der Waals surface area contributed by atoms with Gasteiger partial charge >= 0.3 is 17.9 Å². The highest BCUT2D eigenvalue weighted by atomic mass is 79.9. The molecule has 1 aromatic rings. The topological polar surface area (TPSA) is 137 Å². The zero-order valence-electron chi connectivity index (χ0n) is 16.7. The second-order valence-corrected chi connectivity index (χ2v) is 8.41. The van der Waals surface area contributed by atoms with Crippen molar-refractivity contribution < 1.29 is 37.7 Å². The first-order chi connectivity index (χ1) is 14.6. The van der Waals surface area contributed by atoms with E-state index in [9.17, 15) is 18.8 Å². The van der Waals surface area contributed by atoms with Gasteiger partial charge in [0, 0.05) is 30.6 Å². The van der Waals surface area contributed by atoms with E-state index in [1.165, 1.54) is 25.1 Å². The van der Waals surface area contributed by atoms with Crippen LogP contribution in [0.1, 0.15) is 20.8 Å². The van der Waals surface area contributed by atoms with Gasteiger partial charge in [0.2, 0.25) is 0 Å². The smallest absolute Gasteiger partial charge is 0.303 e. The maximum Gasteiger partial charge on any atom is 0.303 e. The maximum absolute atomic E-state index is 13.6. The molecule has 1 aliphatic rings. The molecule has 1 heterocycles. The fourth-order valence-corrected chi connectivity index (χ4v) is 4.53. The van der Waals surface area contributed by atoms with Crippen LogP contribution in [0.2, 0.25) is 0 Å². The number of hydrogen-bond donors (Lipinski definition) is 0. The van der Waals surface area contributed by atoms with Crippen molar-refractivity contribution in [1.82, 2.24) is 0 Å². The molecule has 0 N–H and O–H groups in total. The lowest BCUT2D eigenvalue weighted by atomic mass is 9.97. The standard InChI is InChI=1S/C18H19BrFN3O7S/c1-8(24)27-7-14-16(28-9(2)25)15(22-23-21)17(29-10(3)26)18(30-14)31-11-4-5-13(20)12(19)6-11/h4-6,14-18H,7H2,1-3H3/t14-,15+,16+,17-,18-/m1/s1. The van der Waals surface area contributed by atoms with Gasteiger partial charge in [-0.3, -0.25) is 14.4 Å². The summed E-state index contributed by atoms with van der Waals surface area (Å²) in [7, 11) is 0. The number of ether oxygens (including phenoxy) is 4. The SMILES string of the molecule is CC(=O)OC[C@H]1O[C@H](Sc2ccc(F)c(Br)c2)[C@H](OC(C)=O)[C@@H](N=[N+]=[N-])[C@H]1OC(C)=O. The van der Waals surface area contributed by atoms with Crippen molar-refractivity contribution in [2.75, 3.05) is 6.61 Å². The van der Waals surface area contributed by atoms with Crippen LogP contribution in [0, 0.1) is 5.82 Å². The van der Waals surface area contributed by atoms with Crippen molar-refractivity contribution in [3.63, 3.8) is 0 Å². The van der Waals surface area contributed by atoms with Gasteiger partial charge in [0.25, 0.3) is 0 Å². The van der Waals surface area contributed by atoms with Crippen LogP contribution in [0.4, 0.5) is 4.39 Å². The average Bonchev–Trinajstić information content (AvgIpc) is 2.67. The Kier molecular flexibility index (Phi) is 9.11. The summed E-state index contributed by atoms with van der Waals surface area (Å²) in [5.74, 6) is -2.45. The molecule has 0 saturated carbocycles. The minimum Gasteiger partial charge on any atom is -0.463 e. The molecule has 2 rings (SSSR count). The predicted molar refractivity (Wildman–Crippen MR) is 109 cm³/mol. The first kappa shape index (κ1) is 24.9. The highest BCUT2D eigenvalue weighted by molar-refractivity contribution is 9.10. The Morgan fingerprint density at radius 3 is 2.39 bits per heavy atom. The molecule has 1 fully saturated rings. The van der Waals surface area contributed by atoms with Gasteiger partial charge in [-0.1, -0.05) is 16.9 Å². The highest BCUT2D eigenvalue weighted by Crippen LogP contribution is 2.38. The summed E-state index contributed by atoms with van der Waals surface area (Å²) in [6.07, 6.45) is -3.36. The van der Waals surface area contributed by atoms with Crippen molar-refractivity contribution in [1.29, 1.82) is 0 Å². The van der Waals surface area contributed by atoms with Crippen LogP contribution in [0.15, 0.2) is 32.7 Å². The minimum absolute atomic E-state index is 0.207. The quantitative estimate of drug-likeness (QED) is 0.175. The number of esters is 3. The Hall–Kier alpha value is -2.34. The van der Waals surface area contributed by atoms with Gasteiger partial charge in [-0.25, -0.2) is 4.39 Å². The molecule has 0 unspecified atom stereocenters. The summed E-state index contributed by atoms with van der Waals surface area (Å²) in [6, 6.07) is 3.05. The summed E-state index contributed by atoms with van der Waals surface area (Å²) < 4.78 is 35.4. The first-order valence-electron chi connectivity index (χ1n) is 8.91. The molecule has 0 aliphatic carbocycles. The van der Waals surface area contributed by atoms with E-state index in [4.69, 9.17) is 24.5 Å². The van der Waals surface area contributed by atoms with Crippen LogP contribution in [0.3, 0.4) is 0 Å².